The van der Waals surface area contributed by atoms with Gasteiger partial charge in [0.25, 0.3) is 0 Å². The monoisotopic (exact) mass is 260 g/mol. The molecule has 0 aliphatic rings. The first kappa shape index (κ1) is 12.1. The van der Waals surface area contributed by atoms with E-state index in [1.54, 1.807) is 12.1 Å². The van der Waals surface area contributed by atoms with E-state index in [2.05, 4.69) is 9.97 Å². The van der Waals surface area contributed by atoms with E-state index in [1.807, 2.05) is 18.2 Å². The third-order valence-electron chi connectivity index (χ3n) is 2.18. The van der Waals surface area contributed by atoms with Gasteiger partial charge in [-0.05, 0) is 12.1 Å². The van der Waals surface area contributed by atoms with Crippen molar-refractivity contribution in [1.29, 1.82) is 5.26 Å². The van der Waals surface area contributed by atoms with Crippen molar-refractivity contribution in [2.45, 2.75) is 6.61 Å². The van der Waals surface area contributed by atoms with Crippen LogP contribution >= 0.6 is 11.6 Å². The van der Waals surface area contributed by atoms with Crippen LogP contribution in [0.3, 0.4) is 0 Å². The van der Waals surface area contributed by atoms with Crippen LogP contribution in [0.1, 0.15) is 11.4 Å². The standard InChI is InChI=1S/C12H9ClN4O/c13-9-3-1-2-4-10(9)18-7-11-16-6-8(5-14)12(15)17-11/h1-4,6H,7H2,(H2,15,16,17). The first-order valence-corrected chi connectivity index (χ1v) is 5.47. The van der Waals surface area contributed by atoms with Crippen molar-refractivity contribution in [3.63, 3.8) is 0 Å². The summed E-state index contributed by atoms with van der Waals surface area (Å²) in [6, 6.07) is 8.99. The van der Waals surface area contributed by atoms with Crippen molar-refractivity contribution >= 4 is 17.4 Å². The van der Waals surface area contributed by atoms with Crippen LogP contribution in [0.15, 0.2) is 30.5 Å². The van der Waals surface area contributed by atoms with Crippen molar-refractivity contribution < 1.29 is 4.74 Å². The first-order valence-electron chi connectivity index (χ1n) is 5.09. The Morgan fingerprint density at radius 3 is 2.83 bits per heavy atom. The Morgan fingerprint density at radius 1 is 1.39 bits per heavy atom. The Bertz CT molecular complexity index is 609. The lowest BCUT2D eigenvalue weighted by atomic mass is 10.3. The number of nitrogens with zero attached hydrogens (tertiary/aromatic N) is 3. The molecular weight excluding hydrogens is 252 g/mol. The summed E-state index contributed by atoms with van der Waals surface area (Å²) in [5, 5.41) is 9.21. The third-order valence-corrected chi connectivity index (χ3v) is 2.49. The second kappa shape index (κ2) is 5.34. The van der Waals surface area contributed by atoms with Gasteiger partial charge in [0, 0.05) is 0 Å². The van der Waals surface area contributed by atoms with Crippen LogP contribution in [0, 0.1) is 11.3 Å². The van der Waals surface area contributed by atoms with Crippen molar-refractivity contribution in [3.05, 3.63) is 46.9 Å². The summed E-state index contributed by atoms with van der Waals surface area (Å²) in [6.45, 7) is 0.139. The highest BCUT2D eigenvalue weighted by molar-refractivity contribution is 6.32. The van der Waals surface area contributed by atoms with E-state index < -0.39 is 0 Å². The zero-order chi connectivity index (χ0) is 13.0. The number of rotatable bonds is 3. The summed E-state index contributed by atoms with van der Waals surface area (Å²) in [5.74, 6) is 1.09. The van der Waals surface area contributed by atoms with Crippen molar-refractivity contribution in [1.82, 2.24) is 9.97 Å². The summed E-state index contributed by atoms with van der Waals surface area (Å²) >= 11 is 5.94. The molecule has 0 spiro atoms. The summed E-state index contributed by atoms with van der Waals surface area (Å²) in [7, 11) is 0. The molecule has 1 aromatic heterocycles. The number of hydrogen-bond acceptors (Lipinski definition) is 5. The number of nitrogens with two attached hydrogens (primary N) is 1. The number of nitriles is 1. The van der Waals surface area contributed by atoms with E-state index in [0.29, 0.717) is 16.6 Å². The van der Waals surface area contributed by atoms with Crippen molar-refractivity contribution in [3.8, 4) is 11.8 Å². The predicted octanol–water partition coefficient (Wildman–Crippen LogP) is 2.16. The highest BCUT2D eigenvalue weighted by Crippen LogP contribution is 2.23. The molecule has 2 N–H and O–H groups in total. The van der Waals surface area contributed by atoms with E-state index in [1.165, 1.54) is 6.20 Å². The highest BCUT2D eigenvalue weighted by atomic mass is 35.5. The number of ether oxygens (including phenoxy) is 1. The summed E-state index contributed by atoms with van der Waals surface area (Å²) < 4.78 is 5.46. The van der Waals surface area contributed by atoms with Gasteiger partial charge in [-0.15, -0.1) is 0 Å². The predicted molar refractivity (Wildman–Crippen MR) is 66.9 cm³/mol. The molecule has 0 aliphatic heterocycles. The molecule has 5 nitrogen and oxygen atoms in total. The Balaban J connectivity index is 2.10. The van der Waals surface area contributed by atoms with E-state index in [0.717, 1.165) is 0 Å². The molecule has 0 bridgehead atoms. The maximum Gasteiger partial charge on any atom is 0.168 e. The average molecular weight is 261 g/mol. The van der Waals surface area contributed by atoms with Gasteiger partial charge < -0.3 is 10.5 Å². The molecule has 0 radical (unpaired) electrons. The lowest BCUT2D eigenvalue weighted by Gasteiger charge is -2.07. The van der Waals surface area contributed by atoms with Gasteiger partial charge in [-0.1, -0.05) is 23.7 Å². The fourth-order valence-electron chi connectivity index (χ4n) is 1.29. The van der Waals surface area contributed by atoms with E-state index >= 15 is 0 Å². The van der Waals surface area contributed by atoms with Crippen LogP contribution in [-0.4, -0.2) is 9.97 Å². The smallest absolute Gasteiger partial charge is 0.168 e. The van der Waals surface area contributed by atoms with Crippen LogP contribution in [0.5, 0.6) is 5.75 Å². The van der Waals surface area contributed by atoms with Crippen LogP contribution in [-0.2, 0) is 6.61 Å². The maximum atomic E-state index is 8.69. The first-order chi connectivity index (χ1) is 8.70. The molecule has 0 atom stereocenters. The Kier molecular flexibility index (Phi) is 3.60. The fraction of sp³-hybridized carbons (Fsp3) is 0.0833. The van der Waals surface area contributed by atoms with Crippen LogP contribution in [0.2, 0.25) is 5.02 Å². The molecule has 0 fully saturated rings. The molecule has 6 heteroatoms. The van der Waals surface area contributed by atoms with Crippen LogP contribution in [0.25, 0.3) is 0 Å². The Morgan fingerprint density at radius 2 is 2.17 bits per heavy atom. The number of hydrogen-bond donors (Lipinski definition) is 1. The van der Waals surface area contributed by atoms with E-state index in [4.69, 9.17) is 27.3 Å². The van der Waals surface area contributed by atoms with Crippen molar-refractivity contribution in [2.24, 2.45) is 0 Å². The topological polar surface area (TPSA) is 84.8 Å². The zero-order valence-corrected chi connectivity index (χ0v) is 10.1. The molecule has 0 unspecified atom stereocenters. The number of halogens is 1. The molecule has 90 valence electrons. The van der Waals surface area contributed by atoms with Gasteiger partial charge >= 0.3 is 0 Å². The SMILES string of the molecule is N#Cc1cnc(COc2ccccc2Cl)nc1N. The number of aromatic nitrogens is 2. The summed E-state index contributed by atoms with van der Waals surface area (Å²) in [4.78, 5) is 7.94. The Hall–Kier alpha value is -2.32. The number of anilines is 1. The molecule has 2 rings (SSSR count). The molecule has 0 saturated heterocycles. The molecule has 1 heterocycles. The van der Waals surface area contributed by atoms with Gasteiger partial charge in [0.1, 0.15) is 29.8 Å². The van der Waals surface area contributed by atoms with E-state index in [-0.39, 0.29) is 18.0 Å². The van der Waals surface area contributed by atoms with Gasteiger partial charge in [0.15, 0.2) is 5.82 Å². The second-order valence-electron chi connectivity index (χ2n) is 3.42. The highest BCUT2D eigenvalue weighted by Gasteiger charge is 2.05. The van der Waals surface area contributed by atoms with Crippen LogP contribution in [0.4, 0.5) is 5.82 Å². The van der Waals surface area contributed by atoms with Gasteiger partial charge in [-0.2, -0.15) is 5.26 Å². The normalized spacial score (nSPS) is 9.78. The number of benzene rings is 1. The fourth-order valence-corrected chi connectivity index (χ4v) is 1.48. The maximum absolute atomic E-state index is 8.69. The summed E-state index contributed by atoms with van der Waals surface area (Å²) in [6.07, 6.45) is 1.37. The summed E-state index contributed by atoms with van der Waals surface area (Å²) in [5.41, 5.74) is 5.82. The molecular formula is C12H9ClN4O. The zero-order valence-electron chi connectivity index (χ0n) is 9.30. The largest absolute Gasteiger partial charge is 0.484 e. The van der Waals surface area contributed by atoms with Crippen molar-refractivity contribution in [2.75, 3.05) is 5.73 Å². The number of para-hydroxylation sites is 1. The minimum Gasteiger partial charge on any atom is -0.484 e. The molecule has 18 heavy (non-hydrogen) atoms. The average Bonchev–Trinajstić information content (AvgIpc) is 2.38. The quantitative estimate of drug-likeness (QED) is 0.914. The minimum absolute atomic E-state index is 0.139. The van der Waals surface area contributed by atoms with Gasteiger partial charge in [-0.3, -0.25) is 0 Å². The minimum atomic E-state index is 0.139. The second-order valence-corrected chi connectivity index (χ2v) is 3.82. The number of nitrogen functional groups attached to an aromatic ring is 1. The third kappa shape index (κ3) is 2.67. The van der Waals surface area contributed by atoms with Crippen LogP contribution < -0.4 is 10.5 Å². The molecule has 2 aromatic rings. The molecule has 0 amide bonds. The van der Waals surface area contributed by atoms with Gasteiger partial charge in [0.2, 0.25) is 0 Å². The lowest BCUT2D eigenvalue weighted by molar-refractivity contribution is 0.296. The lowest BCUT2D eigenvalue weighted by Crippen LogP contribution is -2.05. The van der Waals surface area contributed by atoms with Gasteiger partial charge in [-0.25, -0.2) is 9.97 Å². The molecule has 0 saturated carbocycles. The van der Waals surface area contributed by atoms with E-state index in [9.17, 15) is 0 Å². The van der Waals surface area contributed by atoms with Gasteiger partial charge in [0.05, 0.1) is 11.2 Å². The Labute approximate surface area is 109 Å². The molecule has 0 aliphatic carbocycles. The molecule has 1 aromatic carbocycles.